The van der Waals surface area contributed by atoms with Crippen LogP contribution in [0.3, 0.4) is 0 Å². The number of benzene rings is 2. The molecule has 0 heterocycles. The van der Waals surface area contributed by atoms with Gasteiger partial charge in [-0.25, -0.2) is 0 Å². The molecule has 1 aliphatic carbocycles. The molecule has 28 heavy (non-hydrogen) atoms. The highest BCUT2D eigenvalue weighted by Gasteiger charge is 2.43. The number of nitro groups is 1. The first-order chi connectivity index (χ1) is 13.3. The molecule has 0 amide bonds. The Balaban J connectivity index is 1.97. The van der Waals surface area contributed by atoms with Crippen molar-refractivity contribution in [3.63, 3.8) is 0 Å². The minimum absolute atomic E-state index is 0.143. The highest BCUT2D eigenvalue weighted by atomic mass is 35.5. The SMILES string of the molecule is COC(C)[C@]1(COc2cc(F)c([N+](=O)[O-])cc2C)CCCc2cc(Cl)ccc21. The Morgan fingerprint density at radius 1 is 1.36 bits per heavy atom. The van der Waals surface area contributed by atoms with Crippen LogP contribution in [0.15, 0.2) is 30.3 Å². The first kappa shape index (κ1) is 20.6. The number of hydrogen-bond donors (Lipinski definition) is 0. The van der Waals surface area contributed by atoms with E-state index in [1.165, 1.54) is 6.07 Å². The Morgan fingerprint density at radius 2 is 2.11 bits per heavy atom. The number of halogens is 2. The van der Waals surface area contributed by atoms with Gasteiger partial charge in [-0.15, -0.1) is 0 Å². The smallest absolute Gasteiger partial charge is 0.305 e. The first-order valence-electron chi connectivity index (χ1n) is 9.17. The average Bonchev–Trinajstić information content (AvgIpc) is 2.66. The fourth-order valence-electron chi connectivity index (χ4n) is 4.05. The lowest BCUT2D eigenvalue weighted by molar-refractivity contribution is -0.387. The second kappa shape index (κ2) is 8.05. The molecule has 2 atom stereocenters. The van der Waals surface area contributed by atoms with Crippen molar-refractivity contribution in [1.82, 2.24) is 0 Å². The summed E-state index contributed by atoms with van der Waals surface area (Å²) in [5, 5.41) is 11.6. The number of nitrogens with zero attached hydrogens (tertiary/aromatic N) is 1. The van der Waals surface area contributed by atoms with E-state index in [0.717, 1.165) is 36.5 Å². The molecular weight excluding hydrogens is 385 g/mol. The van der Waals surface area contributed by atoms with Gasteiger partial charge in [-0.1, -0.05) is 17.7 Å². The number of ether oxygens (including phenoxy) is 2. The summed E-state index contributed by atoms with van der Waals surface area (Å²) in [6.07, 6.45) is 2.60. The molecule has 5 nitrogen and oxygen atoms in total. The molecule has 0 aromatic heterocycles. The van der Waals surface area contributed by atoms with E-state index >= 15 is 0 Å². The van der Waals surface area contributed by atoms with Gasteiger partial charge in [0.25, 0.3) is 0 Å². The lowest BCUT2D eigenvalue weighted by atomic mass is 9.67. The standard InChI is InChI=1S/C21H23ClFNO4/c1-13-9-19(24(25)26)18(23)11-20(13)28-12-21(14(2)27-3)8-4-5-15-10-16(22)6-7-17(15)21/h6-7,9-11,14H,4-5,8,12H2,1-3H3/t14?,21-/m1/s1. The maximum absolute atomic E-state index is 14.1. The third-order valence-corrected chi connectivity index (χ3v) is 5.97. The monoisotopic (exact) mass is 407 g/mol. The molecule has 1 unspecified atom stereocenters. The molecule has 0 spiro atoms. The zero-order valence-electron chi connectivity index (χ0n) is 16.1. The van der Waals surface area contributed by atoms with Crippen molar-refractivity contribution in [2.24, 2.45) is 0 Å². The minimum atomic E-state index is -0.907. The molecule has 0 saturated heterocycles. The highest BCUT2D eigenvalue weighted by Crippen LogP contribution is 2.43. The molecule has 0 fully saturated rings. The Bertz CT molecular complexity index is 904. The van der Waals surface area contributed by atoms with E-state index in [0.29, 0.717) is 16.3 Å². The Morgan fingerprint density at radius 3 is 2.79 bits per heavy atom. The number of rotatable bonds is 6. The summed E-state index contributed by atoms with van der Waals surface area (Å²) in [7, 11) is 1.66. The molecule has 0 aliphatic heterocycles. The molecule has 7 heteroatoms. The third kappa shape index (κ3) is 3.71. The van der Waals surface area contributed by atoms with Crippen molar-refractivity contribution in [3.05, 3.63) is 68.0 Å². The molecule has 1 aliphatic rings. The van der Waals surface area contributed by atoms with E-state index in [1.807, 2.05) is 25.1 Å². The van der Waals surface area contributed by atoms with Crippen LogP contribution in [0.5, 0.6) is 5.75 Å². The van der Waals surface area contributed by atoms with Crippen molar-refractivity contribution in [1.29, 1.82) is 0 Å². The van der Waals surface area contributed by atoms with Crippen LogP contribution in [-0.4, -0.2) is 24.7 Å². The minimum Gasteiger partial charge on any atom is -0.492 e. The van der Waals surface area contributed by atoms with Crippen LogP contribution >= 0.6 is 11.6 Å². The van der Waals surface area contributed by atoms with Gasteiger partial charge in [0.2, 0.25) is 5.82 Å². The molecule has 0 radical (unpaired) electrons. The van der Waals surface area contributed by atoms with Crippen molar-refractivity contribution < 1.29 is 18.8 Å². The average molecular weight is 408 g/mol. The van der Waals surface area contributed by atoms with Crippen molar-refractivity contribution in [2.75, 3.05) is 13.7 Å². The molecular formula is C21H23ClFNO4. The summed E-state index contributed by atoms with van der Waals surface area (Å²) in [6.45, 7) is 3.94. The Labute approximate surface area is 168 Å². The summed E-state index contributed by atoms with van der Waals surface area (Å²) < 4.78 is 25.8. The summed E-state index contributed by atoms with van der Waals surface area (Å²) >= 11 is 6.18. The number of methoxy groups -OCH3 is 1. The van der Waals surface area contributed by atoms with Crippen LogP contribution in [0.25, 0.3) is 0 Å². The van der Waals surface area contributed by atoms with Gasteiger partial charge in [-0.2, -0.15) is 4.39 Å². The van der Waals surface area contributed by atoms with Gasteiger partial charge in [0.1, 0.15) is 12.4 Å². The Kier molecular flexibility index (Phi) is 5.91. The van der Waals surface area contributed by atoms with Crippen LogP contribution in [0.4, 0.5) is 10.1 Å². The van der Waals surface area contributed by atoms with Crippen LogP contribution < -0.4 is 4.74 Å². The predicted octanol–water partition coefficient (Wildman–Crippen LogP) is 5.38. The van der Waals surface area contributed by atoms with Crippen LogP contribution in [-0.2, 0) is 16.6 Å². The summed E-state index contributed by atoms with van der Waals surface area (Å²) in [5.41, 5.74) is 1.83. The largest absolute Gasteiger partial charge is 0.492 e. The fraction of sp³-hybridized carbons (Fsp3) is 0.429. The van der Waals surface area contributed by atoms with Gasteiger partial charge >= 0.3 is 5.69 Å². The second-order valence-corrected chi connectivity index (χ2v) is 7.74. The topological polar surface area (TPSA) is 61.6 Å². The van der Waals surface area contributed by atoms with Crippen LogP contribution in [0.1, 0.15) is 36.5 Å². The third-order valence-electron chi connectivity index (χ3n) is 5.73. The fourth-order valence-corrected chi connectivity index (χ4v) is 4.24. The van der Waals surface area contributed by atoms with E-state index in [-0.39, 0.29) is 12.7 Å². The zero-order chi connectivity index (χ0) is 20.5. The quantitative estimate of drug-likeness (QED) is 0.476. The number of nitro benzene ring substituents is 1. The van der Waals surface area contributed by atoms with Crippen molar-refractivity contribution >= 4 is 17.3 Å². The van der Waals surface area contributed by atoms with E-state index in [1.54, 1.807) is 14.0 Å². The van der Waals surface area contributed by atoms with E-state index in [4.69, 9.17) is 21.1 Å². The maximum atomic E-state index is 14.1. The van der Waals surface area contributed by atoms with Crippen LogP contribution in [0.2, 0.25) is 5.02 Å². The lowest BCUT2D eigenvalue weighted by Crippen LogP contribution is -2.46. The van der Waals surface area contributed by atoms with Crippen molar-refractivity contribution in [3.8, 4) is 5.75 Å². The van der Waals surface area contributed by atoms with E-state index in [2.05, 4.69) is 0 Å². The number of hydrogen-bond acceptors (Lipinski definition) is 4. The van der Waals surface area contributed by atoms with Gasteiger partial charge in [0.15, 0.2) is 0 Å². The van der Waals surface area contributed by atoms with Crippen molar-refractivity contribution in [2.45, 2.75) is 44.6 Å². The van der Waals surface area contributed by atoms with Gasteiger partial charge in [0, 0.05) is 24.3 Å². The normalized spacial score (nSPS) is 19.8. The van der Waals surface area contributed by atoms with Crippen LogP contribution in [0, 0.1) is 22.9 Å². The molecule has 150 valence electrons. The summed E-state index contributed by atoms with van der Waals surface area (Å²) in [4.78, 5) is 10.2. The molecule has 2 aromatic rings. The van der Waals surface area contributed by atoms with Gasteiger partial charge in [-0.05, 0) is 61.9 Å². The number of fused-ring (bicyclic) bond motifs is 1. The summed E-state index contributed by atoms with van der Waals surface area (Å²) in [5.74, 6) is -0.609. The van der Waals surface area contributed by atoms with E-state index < -0.39 is 21.8 Å². The molecule has 0 N–H and O–H groups in total. The first-order valence-corrected chi connectivity index (χ1v) is 9.55. The second-order valence-electron chi connectivity index (χ2n) is 7.30. The molecule has 2 aromatic carbocycles. The van der Waals surface area contributed by atoms with Gasteiger partial charge in [0.05, 0.1) is 16.4 Å². The maximum Gasteiger partial charge on any atom is 0.305 e. The summed E-state index contributed by atoms with van der Waals surface area (Å²) in [6, 6.07) is 8.14. The predicted molar refractivity (Wildman–Crippen MR) is 106 cm³/mol. The highest BCUT2D eigenvalue weighted by molar-refractivity contribution is 6.30. The molecule has 0 bridgehead atoms. The molecule has 0 saturated carbocycles. The van der Waals surface area contributed by atoms with Gasteiger partial charge < -0.3 is 9.47 Å². The van der Waals surface area contributed by atoms with Gasteiger partial charge in [-0.3, -0.25) is 10.1 Å². The zero-order valence-corrected chi connectivity index (χ0v) is 16.9. The van der Waals surface area contributed by atoms with E-state index in [9.17, 15) is 14.5 Å². The number of aryl methyl sites for hydroxylation is 2. The Hall–Kier alpha value is -2.18. The lowest BCUT2D eigenvalue weighted by Gasteiger charge is -2.42. The molecule has 3 rings (SSSR count).